The average molecular weight is 611 g/mol. The molecule has 0 saturated heterocycles. The standard InChI is InChI=1S/C29H39ClN2O6S2/c1-3-4-5-6-7-8-9-10-11-12-19-39(34,35)32-25-17-13-15-22-16-14-18-27(28(22)25)40(36,37)31-23-20-24(30)29(33)26(21-23)38-2/h13-18,20-21,31-33H,3-12,19H2,1-2H3. The smallest absolute Gasteiger partial charge is 0.262 e. The molecular weight excluding hydrogens is 572 g/mol. The van der Waals surface area contributed by atoms with Crippen LogP contribution in [0.15, 0.2) is 53.4 Å². The summed E-state index contributed by atoms with van der Waals surface area (Å²) in [7, 11) is -6.57. The Hall–Kier alpha value is -2.69. The molecule has 0 unspecified atom stereocenters. The molecular formula is C29H39ClN2O6S2. The van der Waals surface area contributed by atoms with Crippen LogP contribution in [-0.2, 0) is 20.0 Å². The molecule has 40 heavy (non-hydrogen) atoms. The van der Waals surface area contributed by atoms with Gasteiger partial charge in [-0.1, -0.05) is 101 Å². The number of phenolic OH excluding ortho intramolecular Hbond substituents is 1. The minimum atomic E-state index is -4.19. The summed E-state index contributed by atoms with van der Waals surface area (Å²) in [6, 6.07) is 12.2. The second-order valence-corrected chi connectivity index (χ2v) is 13.8. The zero-order valence-corrected chi connectivity index (χ0v) is 25.5. The van der Waals surface area contributed by atoms with Gasteiger partial charge in [-0.15, -0.1) is 0 Å². The lowest BCUT2D eigenvalue weighted by Gasteiger charge is -2.16. The Morgan fingerprint density at radius 1 is 0.825 bits per heavy atom. The summed E-state index contributed by atoms with van der Waals surface area (Å²) in [5, 5.41) is 10.7. The van der Waals surface area contributed by atoms with Crippen molar-refractivity contribution < 1.29 is 26.7 Å². The first-order valence-corrected chi connectivity index (χ1v) is 17.2. The monoisotopic (exact) mass is 610 g/mol. The third kappa shape index (κ3) is 8.91. The fraction of sp³-hybridized carbons (Fsp3) is 0.448. The molecule has 0 aliphatic heterocycles. The second-order valence-electron chi connectivity index (χ2n) is 9.88. The first-order chi connectivity index (χ1) is 19.1. The molecule has 0 radical (unpaired) electrons. The molecule has 0 saturated carbocycles. The number of fused-ring (bicyclic) bond motifs is 1. The van der Waals surface area contributed by atoms with E-state index in [9.17, 15) is 21.9 Å². The van der Waals surface area contributed by atoms with Crippen LogP contribution in [0.2, 0.25) is 5.02 Å². The topological polar surface area (TPSA) is 122 Å². The summed E-state index contributed by atoms with van der Waals surface area (Å²) < 4.78 is 62.9. The summed E-state index contributed by atoms with van der Waals surface area (Å²) in [5.74, 6) is -0.348. The van der Waals surface area contributed by atoms with Gasteiger partial charge in [-0.25, -0.2) is 16.8 Å². The van der Waals surface area contributed by atoms with E-state index in [1.165, 1.54) is 63.8 Å². The predicted octanol–water partition coefficient (Wildman–Crippen LogP) is 7.67. The molecule has 3 aromatic carbocycles. The molecule has 0 aliphatic carbocycles. The largest absolute Gasteiger partial charge is 0.503 e. The van der Waals surface area contributed by atoms with E-state index in [4.69, 9.17) is 16.3 Å². The highest BCUT2D eigenvalue weighted by Gasteiger charge is 2.22. The van der Waals surface area contributed by atoms with Crippen LogP contribution in [-0.4, -0.2) is 34.8 Å². The number of unbranched alkanes of at least 4 members (excludes halogenated alkanes) is 9. The fourth-order valence-electron chi connectivity index (χ4n) is 4.61. The van der Waals surface area contributed by atoms with Crippen molar-refractivity contribution in [1.29, 1.82) is 0 Å². The maximum atomic E-state index is 13.5. The minimum Gasteiger partial charge on any atom is -0.503 e. The Morgan fingerprint density at radius 2 is 1.43 bits per heavy atom. The highest BCUT2D eigenvalue weighted by atomic mass is 35.5. The lowest BCUT2D eigenvalue weighted by atomic mass is 10.1. The average Bonchev–Trinajstić information content (AvgIpc) is 2.91. The maximum absolute atomic E-state index is 13.5. The van der Waals surface area contributed by atoms with E-state index in [0.29, 0.717) is 11.8 Å². The molecule has 3 N–H and O–H groups in total. The number of hydrogen-bond donors (Lipinski definition) is 3. The van der Waals surface area contributed by atoms with Crippen molar-refractivity contribution in [3.63, 3.8) is 0 Å². The normalized spacial score (nSPS) is 12.0. The van der Waals surface area contributed by atoms with E-state index in [1.807, 2.05) is 0 Å². The SMILES string of the molecule is CCCCCCCCCCCCS(=O)(=O)Nc1cccc2cccc(S(=O)(=O)Nc3cc(Cl)c(O)c(OC)c3)c12. The van der Waals surface area contributed by atoms with Crippen LogP contribution in [0.3, 0.4) is 0 Å². The number of ether oxygens (including phenoxy) is 1. The van der Waals surface area contributed by atoms with Crippen molar-refractivity contribution >= 4 is 53.8 Å². The summed E-state index contributed by atoms with van der Waals surface area (Å²) in [4.78, 5) is -0.106. The van der Waals surface area contributed by atoms with Crippen molar-refractivity contribution in [2.24, 2.45) is 0 Å². The highest BCUT2D eigenvalue weighted by Crippen LogP contribution is 2.38. The summed E-state index contributed by atoms with van der Waals surface area (Å²) in [5.41, 5.74) is 0.266. The van der Waals surface area contributed by atoms with Crippen LogP contribution in [0.1, 0.15) is 71.1 Å². The number of halogens is 1. The van der Waals surface area contributed by atoms with Gasteiger partial charge in [-0.05, 0) is 30.0 Å². The van der Waals surface area contributed by atoms with Crippen molar-refractivity contribution in [3.8, 4) is 11.5 Å². The molecule has 3 rings (SSSR count). The van der Waals surface area contributed by atoms with Crippen LogP contribution in [0.5, 0.6) is 11.5 Å². The quantitative estimate of drug-likeness (QED) is 0.106. The molecule has 220 valence electrons. The van der Waals surface area contributed by atoms with E-state index >= 15 is 0 Å². The lowest BCUT2D eigenvalue weighted by molar-refractivity contribution is 0.374. The predicted molar refractivity (Wildman–Crippen MR) is 164 cm³/mol. The third-order valence-corrected chi connectivity index (χ3v) is 9.76. The number of aromatic hydroxyl groups is 1. The van der Waals surface area contributed by atoms with Gasteiger partial charge in [-0.3, -0.25) is 9.44 Å². The zero-order chi connectivity index (χ0) is 29.2. The Labute approximate surface area is 243 Å². The molecule has 0 amide bonds. The number of benzene rings is 3. The van der Waals surface area contributed by atoms with Crippen molar-refractivity contribution in [3.05, 3.63) is 53.6 Å². The van der Waals surface area contributed by atoms with E-state index in [-0.39, 0.29) is 43.9 Å². The molecule has 8 nitrogen and oxygen atoms in total. The molecule has 3 aromatic rings. The second kappa shape index (κ2) is 14.8. The van der Waals surface area contributed by atoms with Gasteiger partial charge in [-0.2, -0.15) is 0 Å². The first kappa shape index (κ1) is 31.8. The van der Waals surface area contributed by atoms with Crippen molar-refractivity contribution in [1.82, 2.24) is 0 Å². The molecule has 0 fully saturated rings. The lowest BCUT2D eigenvalue weighted by Crippen LogP contribution is -2.18. The van der Waals surface area contributed by atoms with Crippen LogP contribution >= 0.6 is 11.6 Å². The minimum absolute atomic E-state index is 0.00328. The van der Waals surface area contributed by atoms with Crippen LogP contribution < -0.4 is 14.2 Å². The summed E-state index contributed by atoms with van der Waals surface area (Å²) in [6.45, 7) is 2.20. The van der Waals surface area contributed by atoms with Gasteiger partial charge < -0.3 is 9.84 Å². The molecule has 0 spiro atoms. The van der Waals surface area contributed by atoms with E-state index < -0.39 is 20.0 Å². The Kier molecular flexibility index (Phi) is 11.8. The van der Waals surface area contributed by atoms with Gasteiger partial charge in [0.2, 0.25) is 10.0 Å². The van der Waals surface area contributed by atoms with Gasteiger partial charge in [0, 0.05) is 11.5 Å². The van der Waals surface area contributed by atoms with Gasteiger partial charge in [0.05, 0.1) is 34.2 Å². The van der Waals surface area contributed by atoms with E-state index in [2.05, 4.69) is 16.4 Å². The highest BCUT2D eigenvalue weighted by molar-refractivity contribution is 7.93. The van der Waals surface area contributed by atoms with Crippen molar-refractivity contribution in [2.75, 3.05) is 22.3 Å². The number of methoxy groups -OCH3 is 1. The molecule has 0 heterocycles. The summed E-state index contributed by atoms with van der Waals surface area (Å²) in [6.07, 6.45) is 10.9. The number of anilines is 2. The molecule has 0 bridgehead atoms. The Morgan fingerprint density at radius 3 is 2.05 bits per heavy atom. The maximum Gasteiger partial charge on any atom is 0.262 e. The number of sulfonamides is 2. The number of phenols is 1. The van der Waals surface area contributed by atoms with Gasteiger partial charge >= 0.3 is 0 Å². The van der Waals surface area contributed by atoms with Gasteiger partial charge in [0.15, 0.2) is 11.5 Å². The Bertz CT molecular complexity index is 1490. The van der Waals surface area contributed by atoms with Crippen LogP contribution in [0.4, 0.5) is 11.4 Å². The van der Waals surface area contributed by atoms with E-state index in [1.54, 1.807) is 30.3 Å². The van der Waals surface area contributed by atoms with Gasteiger partial charge in [0.1, 0.15) is 0 Å². The number of rotatable bonds is 17. The molecule has 0 aromatic heterocycles. The molecule has 0 aliphatic rings. The summed E-state index contributed by atoms with van der Waals surface area (Å²) >= 11 is 6.02. The van der Waals surface area contributed by atoms with Crippen LogP contribution in [0.25, 0.3) is 10.8 Å². The molecule has 0 atom stereocenters. The zero-order valence-electron chi connectivity index (χ0n) is 23.1. The van der Waals surface area contributed by atoms with E-state index in [0.717, 1.165) is 19.3 Å². The first-order valence-electron chi connectivity index (χ1n) is 13.7. The number of nitrogens with one attached hydrogen (secondary N) is 2. The fourth-order valence-corrected chi connectivity index (χ4v) is 7.31. The van der Waals surface area contributed by atoms with Crippen LogP contribution in [0, 0.1) is 0 Å². The Balaban J connectivity index is 1.72. The third-order valence-electron chi connectivity index (χ3n) is 6.69. The number of hydrogen-bond acceptors (Lipinski definition) is 6. The molecule has 11 heteroatoms. The van der Waals surface area contributed by atoms with Gasteiger partial charge in [0.25, 0.3) is 10.0 Å². The van der Waals surface area contributed by atoms with Crippen molar-refractivity contribution in [2.45, 2.75) is 76.0 Å².